The fraction of sp³-hybridized carbons (Fsp3) is 0. The fourth-order valence-electron chi connectivity index (χ4n) is 16.1. The van der Waals surface area contributed by atoms with Crippen molar-refractivity contribution in [1.29, 1.82) is 0 Å². The van der Waals surface area contributed by atoms with Crippen molar-refractivity contribution < 1.29 is 0 Å². The van der Waals surface area contributed by atoms with Crippen molar-refractivity contribution in [3.05, 3.63) is 390 Å². The Labute approximate surface area is 686 Å². The molecule has 9 aromatic heterocycles. The Morgan fingerprint density at radius 3 is 0.650 bits per heavy atom. The second-order valence-corrected chi connectivity index (χ2v) is 30.0. The zero-order valence-electron chi connectivity index (χ0n) is 64.2. The minimum absolute atomic E-state index is 0.660. The maximum atomic E-state index is 5.10. The number of benzene rings is 15. The number of hydrogen-bond acceptors (Lipinski definition) is 14. The average molecular weight is 1530 g/mol. The van der Waals surface area contributed by atoms with Gasteiger partial charge in [-0.2, -0.15) is 0 Å². The summed E-state index contributed by atoms with van der Waals surface area (Å²) in [7, 11) is 0. The number of hydrogen-bond donors (Lipinski definition) is 0. The Kier molecular flexibility index (Phi) is 17.5. The molecular weight excluding hydrogens is 1470 g/mol. The molecule has 0 spiro atoms. The van der Waals surface area contributed by atoms with E-state index < -0.39 is 0 Å². The molecule has 0 aliphatic carbocycles. The molecule has 15 aromatic carbocycles. The molecule has 9 heterocycles. The summed E-state index contributed by atoms with van der Waals surface area (Å²) < 4.78 is 0. The zero-order valence-corrected chi connectivity index (χ0v) is 64.2. The third-order valence-corrected chi connectivity index (χ3v) is 22.4. The molecular formula is C106H64N14. The Balaban J connectivity index is 0.000000108. The van der Waals surface area contributed by atoms with Crippen LogP contribution in [-0.4, -0.2) is 69.8 Å². The van der Waals surface area contributed by atoms with E-state index >= 15 is 0 Å². The molecule has 0 unspecified atom stereocenters. The lowest BCUT2D eigenvalue weighted by Crippen LogP contribution is -1.96. The third-order valence-electron chi connectivity index (χ3n) is 22.4. The van der Waals surface area contributed by atoms with Crippen molar-refractivity contribution in [1.82, 2.24) is 69.8 Å². The number of pyridine rings is 4. The van der Waals surface area contributed by atoms with Gasteiger partial charge >= 0.3 is 0 Å². The van der Waals surface area contributed by atoms with E-state index in [9.17, 15) is 0 Å². The monoisotopic (exact) mass is 1530 g/mol. The van der Waals surface area contributed by atoms with E-state index in [2.05, 4.69) is 301 Å². The molecule has 14 heteroatoms. The van der Waals surface area contributed by atoms with Crippen LogP contribution in [0.15, 0.2) is 390 Å². The average Bonchev–Trinajstić information content (AvgIpc) is 0.777. The maximum absolute atomic E-state index is 5.10. The van der Waals surface area contributed by atoms with E-state index in [-0.39, 0.29) is 0 Å². The summed E-state index contributed by atoms with van der Waals surface area (Å²) in [6.45, 7) is 0. The highest BCUT2D eigenvalue weighted by Crippen LogP contribution is 2.39. The first kappa shape index (κ1) is 70.1. The standard InChI is InChI=1S/2C36H22N4.C34H20N6/c1-2-4-24-18-33-19-30(8-5-25(33)15-23(24)3-1)36-39-34(28-6-9-31-21-37-13-11-26(31)16-28)20-35(40-36)29-7-10-32-22-38-14-12-27(32)17-29;1-2-4-24-18-33-19-29(6-5-25(33)15-23(24)3-1)35-20-34(28-7-9-31-21-37-13-11-26(31)16-28)39-36(40-35)30-8-10-32-22-38-14-12-27(32)17-30;1-2-4-22-12-29-13-26(8-5-23(29)11-21(22)3-1)34-39-32(24-6-9-27-17-35-19-37-30(27)14-24)16-33(40-34)25-7-10-28-18-36-20-38-31(28)15-25/h2*1-22H;1-20H. The topological polar surface area (TPSA) is 180 Å². The smallest absolute Gasteiger partial charge is 0.160 e. The van der Waals surface area contributed by atoms with Crippen molar-refractivity contribution >= 4 is 130 Å². The fourth-order valence-corrected chi connectivity index (χ4v) is 16.1. The van der Waals surface area contributed by atoms with Crippen LogP contribution in [0.25, 0.3) is 231 Å². The first-order chi connectivity index (χ1) is 59.3. The van der Waals surface area contributed by atoms with Gasteiger partial charge in [-0.05, 0) is 220 Å². The SMILES string of the molecule is c1ccc2cc3cc(-c4cc(-c5ccc6cnccc6c5)nc(-c5ccc6cnccc6c5)n4)ccc3cc2c1.c1ccc2cc3cc(-c4nc(-c5ccc6cnccc6c5)cc(-c5ccc6cnccc6c5)n4)ccc3cc2c1.c1ccc2cc3cc(-c4nc(-c5ccc6cncnc6c5)cc(-c5ccc6cncnc6c5)n4)ccc3cc2c1. The molecule has 0 atom stereocenters. The van der Waals surface area contributed by atoms with Gasteiger partial charge in [0.15, 0.2) is 17.5 Å². The predicted octanol–water partition coefficient (Wildman–Crippen LogP) is 25.4. The van der Waals surface area contributed by atoms with Gasteiger partial charge in [-0.15, -0.1) is 0 Å². The third kappa shape index (κ3) is 13.9. The maximum Gasteiger partial charge on any atom is 0.160 e. The molecule has 0 aliphatic heterocycles. The molecule has 0 N–H and O–H groups in total. The Hall–Kier alpha value is -16.6. The Bertz CT molecular complexity index is 7180. The van der Waals surface area contributed by atoms with Gasteiger partial charge in [-0.3, -0.25) is 19.9 Å². The van der Waals surface area contributed by atoms with Crippen molar-refractivity contribution in [2.75, 3.05) is 0 Å². The lowest BCUT2D eigenvalue weighted by molar-refractivity contribution is 1.18. The molecule has 24 rings (SSSR count). The lowest BCUT2D eigenvalue weighted by Gasteiger charge is -2.11. The summed E-state index contributed by atoms with van der Waals surface area (Å²) in [4.78, 5) is 64.7. The number of nitrogens with zero attached hydrogens (tertiary/aromatic N) is 14. The van der Waals surface area contributed by atoms with Crippen molar-refractivity contribution in [2.45, 2.75) is 0 Å². The van der Waals surface area contributed by atoms with E-state index in [0.29, 0.717) is 17.5 Å². The summed E-state index contributed by atoms with van der Waals surface area (Å²) in [5.41, 5.74) is 15.9. The molecule has 14 nitrogen and oxygen atoms in total. The first-order valence-electron chi connectivity index (χ1n) is 39.5. The van der Waals surface area contributed by atoms with Crippen LogP contribution in [0, 0.1) is 0 Å². The van der Waals surface area contributed by atoms with Crippen LogP contribution in [-0.2, 0) is 0 Å². The quantitative estimate of drug-likeness (QED) is 0.125. The van der Waals surface area contributed by atoms with E-state index in [0.717, 1.165) is 155 Å². The van der Waals surface area contributed by atoms with Gasteiger partial charge in [-0.25, -0.2) is 49.8 Å². The highest BCUT2D eigenvalue weighted by molar-refractivity contribution is 6.04. The summed E-state index contributed by atoms with van der Waals surface area (Å²) in [5.74, 6) is 2.06. The van der Waals surface area contributed by atoms with Crippen molar-refractivity contribution in [3.8, 4) is 102 Å². The predicted molar refractivity (Wildman–Crippen MR) is 487 cm³/mol. The molecule has 0 amide bonds. The molecule has 120 heavy (non-hydrogen) atoms. The molecule has 0 saturated heterocycles. The van der Waals surface area contributed by atoms with Gasteiger partial charge in [-0.1, -0.05) is 182 Å². The van der Waals surface area contributed by atoms with Gasteiger partial charge in [0.05, 0.1) is 45.2 Å². The van der Waals surface area contributed by atoms with E-state index in [1.807, 2.05) is 117 Å². The van der Waals surface area contributed by atoms with Gasteiger partial charge in [0.1, 0.15) is 12.7 Å². The largest absolute Gasteiger partial charge is 0.264 e. The molecule has 24 aromatic rings. The van der Waals surface area contributed by atoms with Crippen molar-refractivity contribution in [2.24, 2.45) is 0 Å². The highest BCUT2D eigenvalue weighted by Gasteiger charge is 2.19. The molecule has 558 valence electrons. The number of aromatic nitrogens is 14. The van der Waals surface area contributed by atoms with Gasteiger partial charge in [0, 0.05) is 144 Å². The van der Waals surface area contributed by atoms with Crippen LogP contribution in [0.1, 0.15) is 0 Å². The minimum Gasteiger partial charge on any atom is -0.264 e. The first-order valence-corrected chi connectivity index (χ1v) is 39.5. The molecule has 0 bridgehead atoms. The van der Waals surface area contributed by atoms with E-state index in [1.165, 1.54) is 59.2 Å². The number of rotatable bonds is 9. The van der Waals surface area contributed by atoms with E-state index in [1.54, 1.807) is 12.7 Å². The summed E-state index contributed by atoms with van der Waals surface area (Å²) in [5, 5.41) is 25.3. The van der Waals surface area contributed by atoms with Crippen LogP contribution in [0.5, 0.6) is 0 Å². The van der Waals surface area contributed by atoms with Gasteiger partial charge in [0.25, 0.3) is 0 Å². The van der Waals surface area contributed by atoms with Crippen LogP contribution in [0.3, 0.4) is 0 Å². The normalized spacial score (nSPS) is 11.5. The minimum atomic E-state index is 0.660. The highest BCUT2D eigenvalue weighted by atomic mass is 14.9. The molecule has 0 aliphatic rings. The Morgan fingerprint density at radius 1 is 0.142 bits per heavy atom. The van der Waals surface area contributed by atoms with Crippen LogP contribution in [0.4, 0.5) is 0 Å². The van der Waals surface area contributed by atoms with Gasteiger partial charge < -0.3 is 0 Å². The second-order valence-electron chi connectivity index (χ2n) is 30.0. The number of fused-ring (bicyclic) bond motifs is 12. The van der Waals surface area contributed by atoms with Crippen LogP contribution >= 0.6 is 0 Å². The molecule has 0 saturated carbocycles. The van der Waals surface area contributed by atoms with Crippen LogP contribution < -0.4 is 0 Å². The van der Waals surface area contributed by atoms with E-state index in [4.69, 9.17) is 29.9 Å². The summed E-state index contributed by atoms with van der Waals surface area (Å²) in [6, 6.07) is 110. The van der Waals surface area contributed by atoms with Gasteiger partial charge in [0.2, 0.25) is 0 Å². The lowest BCUT2D eigenvalue weighted by atomic mass is 9.99. The molecule has 0 radical (unpaired) electrons. The molecule has 0 fully saturated rings. The van der Waals surface area contributed by atoms with Crippen LogP contribution in [0.2, 0.25) is 0 Å². The summed E-state index contributed by atoms with van der Waals surface area (Å²) >= 11 is 0. The Morgan fingerprint density at radius 2 is 0.350 bits per heavy atom. The summed E-state index contributed by atoms with van der Waals surface area (Å²) in [6.07, 6.45) is 21.6. The second kappa shape index (κ2) is 30.0. The van der Waals surface area contributed by atoms with Crippen molar-refractivity contribution in [3.63, 3.8) is 0 Å². The zero-order chi connectivity index (χ0) is 79.4.